The molecule has 18 heavy (non-hydrogen) atoms. The second-order valence-electron chi connectivity index (χ2n) is 5.64. The van der Waals surface area contributed by atoms with Crippen LogP contribution >= 0.6 is 0 Å². The van der Waals surface area contributed by atoms with E-state index in [0.717, 1.165) is 17.3 Å². The highest BCUT2D eigenvalue weighted by atomic mass is 16.1. The molecule has 3 nitrogen and oxygen atoms in total. The number of anilines is 2. The lowest BCUT2D eigenvalue weighted by molar-refractivity contribution is -0.118. The van der Waals surface area contributed by atoms with Gasteiger partial charge in [-0.25, -0.2) is 0 Å². The standard InChI is InChI=1S/C15H22N2O/c1-10(2)15(18)17-13-6-4-12(5-7-13)16-14-8-11(3)9-14/h4-7,10-11,14,16H,8-9H2,1-3H3,(H,17,18). The van der Waals surface area contributed by atoms with Crippen LogP contribution in [0.4, 0.5) is 11.4 Å². The SMILES string of the molecule is CC1CC(Nc2ccc(NC(=O)C(C)C)cc2)C1. The van der Waals surface area contributed by atoms with Gasteiger partial charge in [-0.1, -0.05) is 20.8 Å². The van der Waals surface area contributed by atoms with Crippen LogP contribution < -0.4 is 10.6 Å². The van der Waals surface area contributed by atoms with Gasteiger partial charge in [-0.2, -0.15) is 0 Å². The van der Waals surface area contributed by atoms with Crippen LogP contribution in [0, 0.1) is 11.8 Å². The van der Waals surface area contributed by atoms with Gasteiger partial charge in [0.25, 0.3) is 0 Å². The van der Waals surface area contributed by atoms with Crippen LogP contribution in [0.5, 0.6) is 0 Å². The number of amides is 1. The maximum absolute atomic E-state index is 11.5. The predicted molar refractivity (Wildman–Crippen MR) is 75.7 cm³/mol. The summed E-state index contributed by atoms with van der Waals surface area (Å²) in [6.45, 7) is 6.06. The van der Waals surface area contributed by atoms with Crippen LogP contribution in [-0.4, -0.2) is 11.9 Å². The lowest BCUT2D eigenvalue weighted by Gasteiger charge is -2.34. The van der Waals surface area contributed by atoms with Crippen LogP contribution in [0.2, 0.25) is 0 Å². The Morgan fingerprint density at radius 1 is 1.17 bits per heavy atom. The summed E-state index contributed by atoms with van der Waals surface area (Å²) < 4.78 is 0. The molecule has 3 heteroatoms. The van der Waals surface area contributed by atoms with Crippen LogP contribution in [0.25, 0.3) is 0 Å². The van der Waals surface area contributed by atoms with Gasteiger partial charge in [-0.05, 0) is 43.0 Å². The quantitative estimate of drug-likeness (QED) is 0.853. The molecule has 98 valence electrons. The molecular formula is C15H22N2O. The molecule has 2 N–H and O–H groups in total. The van der Waals surface area contributed by atoms with Gasteiger partial charge in [0, 0.05) is 23.3 Å². The van der Waals surface area contributed by atoms with Crippen LogP contribution in [-0.2, 0) is 4.79 Å². The number of nitrogens with one attached hydrogen (secondary N) is 2. The largest absolute Gasteiger partial charge is 0.382 e. The molecule has 0 radical (unpaired) electrons. The zero-order chi connectivity index (χ0) is 13.1. The Morgan fingerprint density at radius 2 is 1.72 bits per heavy atom. The summed E-state index contributed by atoms with van der Waals surface area (Å²) in [7, 11) is 0. The normalized spacial score (nSPS) is 22.4. The molecule has 0 spiro atoms. The van der Waals surface area contributed by atoms with Gasteiger partial charge in [0.15, 0.2) is 0 Å². The minimum atomic E-state index is 0.0132. The summed E-state index contributed by atoms with van der Waals surface area (Å²) in [6, 6.07) is 8.57. The van der Waals surface area contributed by atoms with Crippen molar-refractivity contribution in [2.75, 3.05) is 10.6 Å². The molecule has 0 atom stereocenters. The van der Waals surface area contributed by atoms with Crippen molar-refractivity contribution < 1.29 is 4.79 Å². The number of hydrogen-bond acceptors (Lipinski definition) is 2. The lowest BCUT2D eigenvalue weighted by atomic mass is 9.82. The van der Waals surface area contributed by atoms with Crippen LogP contribution in [0.1, 0.15) is 33.6 Å². The fraction of sp³-hybridized carbons (Fsp3) is 0.533. The first kappa shape index (κ1) is 12.9. The molecule has 0 aromatic heterocycles. The lowest BCUT2D eigenvalue weighted by Crippen LogP contribution is -2.33. The molecule has 2 rings (SSSR count). The number of hydrogen-bond donors (Lipinski definition) is 2. The zero-order valence-electron chi connectivity index (χ0n) is 11.4. The Morgan fingerprint density at radius 3 is 2.22 bits per heavy atom. The van der Waals surface area contributed by atoms with Crippen molar-refractivity contribution in [1.82, 2.24) is 0 Å². The van der Waals surface area contributed by atoms with E-state index in [1.807, 2.05) is 38.1 Å². The van der Waals surface area contributed by atoms with Gasteiger partial charge in [0.05, 0.1) is 0 Å². The van der Waals surface area contributed by atoms with Crippen molar-refractivity contribution in [1.29, 1.82) is 0 Å². The molecule has 1 amide bonds. The minimum absolute atomic E-state index is 0.0132. The monoisotopic (exact) mass is 246 g/mol. The number of carbonyl (C=O) groups is 1. The van der Waals surface area contributed by atoms with E-state index in [2.05, 4.69) is 17.6 Å². The Labute approximate surface area is 109 Å². The average Bonchev–Trinajstić information content (AvgIpc) is 2.29. The summed E-state index contributed by atoms with van der Waals surface area (Å²) in [5.41, 5.74) is 2.00. The molecule has 1 aromatic carbocycles. The van der Waals surface area contributed by atoms with Gasteiger partial charge in [-0.15, -0.1) is 0 Å². The molecule has 1 aromatic rings. The maximum Gasteiger partial charge on any atom is 0.226 e. The number of carbonyl (C=O) groups excluding carboxylic acids is 1. The third kappa shape index (κ3) is 3.25. The molecule has 0 aliphatic heterocycles. The molecular weight excluding hydrogens is 224 g/mol. The maximum atomic E-state index is 11.5. The molecule has 0 heterocycles. The average molecular weight is 246 g/mol. The Balaban J connectivity index is 1.87. The number of rotatable bonds is 4. The number of benzene rings is 1. The first-order valence-electron chi connectivity index (χ1n) is 6.72. The van der Waals surface area contributed by atoms with Crippen molar-refractivity contribution in [2.45, 2.75) is 39.7 Å². The smallest absolute Gasteiger partial charge is 0.226 e. The van der Waals surface area contributed by atoms with Crippen LogP contribution in [0.3, 0.4) is 0 Å². The molecule has 0 unspecified atom stereocenters. The van der Waals surface area contributed by atoms with Crippen molar-refractivity contribution in [3.63, 3.8) is 0 Å². The Kier molecular flexibility index (Phi) is 3.90. The van der Waals surface area contributed by atoms with Crippen LogP contribution in [0.15, 0.2) is 24.3 Å². The third-order valence-electron chi connectivity index (χ3n) is 3.42. The highest BCUT2D eigenvalue weighted by molar-refractivity contribution is 5.92. The second kappa shape index (κ2) is 5.42. The molecule has 0 saturated heterocycles. The van der Waals surface area contributed by atoms with E-state index in [1.165, 1.54) is 12.8 Å². The molecule has 1 saturated carbocycles. The fourth-order valence-electron chi connectivity index (χ4n) is 2.19. The van der Waals surface area contributed by atoms with Crippen molar-refractivity contribution >= 4 is 17.3 Å². The Hall–Kier alpha value is -1.51. The fourth-order valence-corrected chi connectivity index (χ4v) is 2.19. The summed E-state index contributed by atoms with van der Waals surface area (Å²) in [6.07, 6.45) is 2.51. The van der Waals surface area contributed by atoms with E-state index in [1.54, 1.807) is 0 Å². The topological polar surface area (TPSA) is 41.1 Å². The first-order chi connectivity index (χ1) is 8.54. The van der Waals surface area contributed by atoms with Gasteiger partial charge >= 0.3 is 0 Å². The first-order valence-corrected chi connectivity index (χ1v) is 6.72. The van der Waals surface area contributed by atoms with E-state index in [9.17, 15) is 4.79 Å². The van der Waals surface area contributed by atoms with Crippen molar-refractivity contribution in [3.8, 4) is 0 Å². The van der Waals surface area contributed by atoms with Gasteiger partial charge in [-0.3, -0.25) is 4.79 Å². The van der Waals surface area contributed by atoms with E-state index >= 15 is 0 Å². The van der Waals surface area contributed by atoms with E-state index < -0.39 is 0 Å². The van der Waals surface area contributed by atoms with Gasteiger partial charge in [0.2, 0.25) is 5.91 Å². The van der Waals surface area contributed by atoms with E-state index in [4.69, 9.17) is 0 Å². The molecule has 1 aliphatic rings. The Bertz CT molecular complexity index is 405. The van der Waals surface area contributed by atoms with Gasteiger partial charge in [0.1, 0.15) is 0 Å². The highest BCUT2D eigenvalue weighted by Gasteiger charge is 2.24. The summed E-state index contributed by atoms with van der Waals surface area (Å²) in [5.74, 6) is 0.926. The summed E-state index contributed by atoms with van der Waals surface area (Å²) in [5, 5.41) is 6.39. The van der Waals surface area contributed by atoms with Crippen molar-refractivity contribution in [2.24, 2.45) is 11.8 Å². The third-order valence-corrected chi connectivity index (χ3v) is 3.42. The molecule has 0 bridgehead atoms. The summed E-state index contributed by atoms with van der Waals surface area (Å²) >= 11 is 0. The van der Waals surface area contributed by atoms with Crippen molar-refractivity contribution in [3.05, 3.63) is 24.3 Å². The predicted octanol–water partition coefficient (Wildman–Crippen LogP) is 3.49. The van der Waals surface area contributed by atoms with Gasteiger partial charge < -0.3 is 10.6 Å². The van der Waals surface area contributed by atoms with E-state index in [0.29, 0.717) is 6.04 Å². The summed E-state index contributed by atoms with van der Waals surface area (Å²) in [4.78, 5) is 11.5. The second-order valence-corrected chi connectivity index (χ2v) is 5.64. The minimum Gasteiger partial charge on any atom is -0.382 e. The van der Waals surface area contributed by atoms with E-state index in [-0.39, 0.29) is 11.8 Å². The zero-order valence-corrected chi connectivity index (χ0v) is 11.4. The molecule has 1 fully saturated rings. The highest BCUT2D eigenvalue weighted by Crippen LogP contribution is 2.29. The molecule has 1 aliphatic carbocycles.